The zero-order valence-corrected chi connectivity index (χ0v) is 18.0. The Morgan fingerprint density at radius 1 is 0.970 bits per heavy atom. The maximum atomic E-state index is 13.0. The van der Waals surface area contributed by atoms with Gasteiger partial charge >= 0.3 is 0 Å². The Balaban J connectivity index is 1.59. The van der Waals surface area contributed by atoms with Gasteiger partial charge in [0, 0.05) is 30.5 Å². The molecule has 0 bridgehead atoms. The zero-order chi connectivity index (χ0) is 24.0. The van der Waals surface area contributed by atoms with E-state index >= 15 is 0 Å². The van der Waals surface area contributed by atoms with Crippen molar-refractivity contribution in [2.45, 2.75) is 31.3 Å². The highest BCUT2D eigenvalue weighted by atomic mass is 16.2. The van der Waals surface area contributed by atoms with Crippen molar-refractivity contribution in [3.8, 4) is 0 Å². The molecule has 10 nitrogen and oxygen atoms in total. The first-order valence-corrected chi connectivity index (χ1v) is 10.4. The molecule has 0 radical (unpaired) electrons. The maximum absolute atomic E-state index is 13.0. The highest BCUT2D eigenvalue weighted by Crippen LogP contribution is 2.25. The van der Waals surface area contributed by atoms with Gasteiger partial charge in [-0.05, 0) is 23.6 Å². The van der Waals surface area contributed by atoms with Crippen LogP contribution < -0.4 is 27.4 Å². The number of rotatable bonds is 9. The molecule has 33 heavy (non-hydrogen) atoms. The highest BCUT2D eigenvalue weighted by Gasteiger charge is 2.44. The largest absolute Gasteiger partial charge is 0.384 e. The summed E-state index contributed by atoms with van der Waals surface area (Å²) in [5.41, 5.74) is 12.5. The third-order valence-electron chi connectivity index (χ3n) is 5.50. The van der Waals surface area contributed by atoms with Crippen molar-refractivity contribution in [2.24, 2.45) is 11.5 Å². The standard InChI is InChI=1S/C23H27N7O3/c24-20(25)16-6-4-14(5-7-16)12-28-19(32)13-29-22(33)23(9-8-18(31)30-23)11-15-2-1-3-17(10-15)21(26)27/h1-7,10H,8-9,11-13H2,(H3,24,25)(H3,26,27)(H,28,32)(H,29,33)(H,30,31)/t23-/m1/s1. The molecular weight excluding hydrogens is 422 g/mol. The van der Waals surface area contributed by atoms with Gasteiger partial charge < -0.3 is 27.4 Å². The molecule has 1 fully saturated rings. The Labute approximate surface area is 191 Å². The number of amides is 3. The van der Waals surface area contributed by atoms with Crippen molar-refractivity contribution in [2.75, 3.05) is 6.54 Å². The van der Waals surface area contributed by atoms with Crippen LogP contribution in [0.3, 0.4) is 0 Å². The Kier molecular flexibility index (Phi) is 7.07. The van der Waals surface area contributed by atoms with Crippen molar-refractivity contribution in [1.29, 1.82) is 10.8 Å². The van der Waals surface area contributed by atoms with Gasteiger partial charge in [0.1, 0.15) is 17.2 Å². The van der Waals surface area contributed by atoms with Gasteiger partial charge in [-0.25, -0.2) is 0 Å². The number of nitrogens with one attached hydrogen (secondary N) is 5. The minimum atomic E-state index is -1.17. The maximum Gasteiger partial charge on any atom is 0.246 e. The number of nitrogen functional groups attached to an aromatic ring is 2. The summed E-state index contributed by atoms with van der Waals surface area (Å²) >= 11 is 0. The molecule has 1 aliphatic rings. The smallest absolute Gasteiger partial charge is 0.246 e. The number of amidine groups is 2. The van der Waals surface area contributed by atoms with Gasteiger partial charge in [-0.1, -0.05) is 42.5 Å². The molecule has 0 unspecified atom stereocenters. The minimum Gasteiger partial charge on any atom is -0.384 e. The average Bonchev–Trinajstić information content (AvgIpc) is 3.17. The molecular formula is C23H27N7O3. The Morgan fingerprint density at radius 2 is 1.67 bits per heavy atom. The predicted molar refractivity (Wildman–Crippen MR) is 124 cm³/mol. The second-order valence-corrected chi connectivity index (χ2v) is 7.99. The normalized spacial score (nSPS) is 17.2. The summed E-state index contributed by atoms with van der Waals surface area (Å²) in [5, 5.41) is 23.1. The van der Waals surface area contributed by atoms with E-state index in [2.05, 4.69) is 16.0 Å². The van der Waals surface area contributed by atoms with Crippen LogP contribution in [0.25, 0.3) is 0 Å². The molecule has 2 aromatic carbocycles. The molecule has 0 aliphatic carbocycles. The van der Waals surface area contributed by atoms with Gasteiger partial charge in [0.2, 0.25) is 17.7 Å². The van der Waals surface area contributed by atoms with Crippen molar-refractivity contribution >= 4 is 29.4 Å². The molecule has 172 valence electrons. The van der Waals surface area contributed by atoms with Crippen molar-refractivity contribution < 1.29 is 14.4 Å². The molecule has 3 rings (SSSR count). The van der Waals surface area contributed by atoms with Crippen LogP contribution in [0, 0.1) is 10.8 Å². The van der Waals surface area contributed by atoms with Crippen molar-refractivity contribution in [3.63, 3.8) is 0 Å². The first-order chi connectivity index (χ1) is 15.7. The summed E-state index contributed by atoms with van der Waals surface area (Å²) in [7, 11) is 0. The van der Waals surface area contributed by atoms with Gasteiger partial charge in [0.05, 0.1) is 6.54 Å². The third-order valence-corrected chi connectivity index (χ3v) is 5.50. The van der Waals surface area contributed by atoms with Crippen LogP contribution in [-0.2, 0) is 27.3 Å². The summed E-state index contributed by atoms with van der Waals surface area (Å²) in [5.74, 6) is -1.17. The fourth-order valence-corrected chi connectivity index (χ4v) is 3.69. The van der Waals surface area contributed by atoms with Crippen LogP contribution >= 0.6 is 0 Å². The molecule has 0 saturated carbocycles. The van der Waals surface area contributed by atoms with E-state index in [-0.39, 0.29) is 49.4 Å². The number of hydrogen-bond acceptors (Lipinski definition) is 5. The molecule has 1 heterocycles. The molecule has 9 N–H and O–H groups in total. The molecule has 1 atom stereocenters. The van der Waals surface area contributed by atoms with Crippen LogP contribution in [0.1, 0.15) is 35.1 Å². The zero-order valence-electron chi connectivity index (χ0n) is 18.0. The molecule has 1 aliphatic heterocycles. The van der Waals surface area contributed by atoms with Crippen LogP contribution in [-0.4, -0.2) is 41.5 Å². The molecule has 2 aromatic rings. The summed E-state index contributed by atoms with van der Waals surface area (Å²) in [6.45, 7) is 0.0159. The first kappa shape index (κ1) is 23.5. The molecule has 1 saturated heterocycles. The second-order valence-electron chi connectivity index (χ2n) is 7.99. The first-order valence-electron chi connectivity index (χ1n) is 10.4. The fraction of sp³-hybridized carbons (Fsp3) is 0.261. The Morgan fingerprint density at radius 3 is 2.27 bits per heavy atom. The van der Waals surface area contributed by atoms with Gasteiger partial charge in [-0.3, -0.25) is 25.2 Å². The number of hydrogen-bond donors (Lipinski definition) is 7. The lowest BCUT2D eigenvalue weighted by Crippen LogP contribution is -2.57. The monoisotopic (exact) mass is 449 g/mol. The number of carbonyl (C=O) groups excluding carboxylic acids is 3. The van der Waals surface area contributed by atoms with Crippen molar-refractivity contribution in [3.05, 3.63) is 70.8 Å². The Hall–Kier alpha value is -4.21. The summed E-state index contributed by atoms with van der Waals surface area (Å²) < 4.78 is 0. The third kappa shape index (κ3) is 5.94. The second kappa shape index (κ2) is 9.94. The van der Waals surface area contributed by atoms with Gasteiger partial charge in [-0.15, -0.1) is 0 Å². The van der Waals surface area contributed by atoms with Gasteiger partial charge in [-0.2, -0.15) is 0 Å². The fourth-order valence-electron chi connectivity index (χ4n) is 3.69. The molecule has 0 spiro atoms. The van der Waals surface area contributed by atoms with E-state index in [0.29, 0.717) is 17.5 Å². The topological polar surface area (TPSA) is 187 Å². The summed E-state index contributed by atoms with van der Waals surface area (Å²) in [4.78, 5) is 37.2. The van der Waals surface area contributed by atoms with Crippen LogP contribution in [0.15, 0.2) is 48.5 Å². The van der Waals surface area contributed by atoms with Crippen molar-refractivity contribution in [1.82, 2.24) is 16.0 Å². The van der Waals surface area contributed by atoms with E-state index in [4.69, 9.17) is 22.3 Å². The average molecular weight is 450 g/mol. The Bertz CT molecular complexity index is 1100. The van der Waals surface area contributed by atoms with Gasteiger partial charge in [0.15, 0.2) is 0 Å². The molecule has 10 heteroatoms. The quantitative estimate of drug-likeness (QED) is 0.207. The van der Waals surface area contributed by atoms with Crippen LogP contribution in [0.2, 0.25) is 0 Å². The lowest BCUT2D eigenvalue weighted by atomic mass is 9.87. The summed E-state index contributed by atoms with van der Waals surface area (Å²) in [6.07, 6.45) is 0.726. The SMILES string of the molecule is N=C(N)c1ccc(CNC(=O)CNC(=O)[C@]2(Cc3cccc(C(=N)N)c3)CCC(=O)N2)cc1. The summed E-state index contributed by atoms with van der Waals surface area (Å²) in [6, 6.07) is 13.9. The predicted octanol–water partition coefficient (Wildman–Crippen LogP) is -0.121. The lowest BCUT2D eigenvalue weighted by Gasteiger charge is -2.28. The number of benzene rings is 2. The van der Waals surface area contributed by atoms with Crippen LogP contribution in [0.4, 0.5) is 0 Å². The van der Waals surface area contributed by atoms with E-state index in [9.17, 15) is 14.4 Å². The van der Waals surface area contributed by atoms with Crippen LogP contribution in [0.5, 0.6) is 0 Å². The van der Waals surface area contributed by atoms with Gasteiger partial charge in [0.25, 0.3) is 0 Å². The number of carbonyl (C=O) groups is 3. The van der Waals surface area contributed by atoms with E-state index in [1.54, 1.807) is 48.5 Å². The number of nitrogens with two attached hydrogens (primary N) is 2. The molecule has 3 amide bonds. The van der Waals surface area contributed by atoms with E-state index in [1.165, 1.54) is 0 Å². The molecule has 0 aromatic heterocycles. The van der Waals surface area contributed by atoms with E-state index in [0.717, 1.165) is 11.1 Å². The minimum absolute atomic E-state index is 0.0331. The van der Waals surface area contributed by atoms with E-state index in [1.807, 2.05) is 0 Å². The lowest BCUT2D eigenvalue weighted by molar-refractivity contribution is -0.131. The highest BCUT2D eigenvalue weighted by molar-refractivity contribution is 5.97. The van der Waals surface area contributed by atoms with E-state index < -0.39 is 11.4 Å².